The number of fused-ring (bicyclic) bond motifs is 4. The van der Waals surface area contributed by atoms with Crippen LogP contribution in [0.3, 0.4) is 0 Å². The van der Waals surface area contributed by atoms with Crippen molar-refractivity contribution in [1.29, 1.82) is 0 Å². The van der Waals surface area contributed by atoms with Gasteiger partial charge in [-0.1, -0.05) is 206 Å². The van der Waals surface area contributed by atoms with Gasteiger partial charge < -0.3 is 66.9 Å². The van der Waals surface area contributed by atoms with Crippen LogP contribution >= 0.6 is 53.6 Å². The van der Waals surface area contributed by atoms with Gasteiger partial charge in [0.2, 0.25) is 0 Å². The number of rotatable bonds is 11. The van der Waals surface area contributed by atoms with E-state index in [1.54, 1.807) is 98.7 Å². The van der Waals surface area contributed by atoms with Gasteiger partial charge in [0.15, 0.2) is 0 Å². The zero-order valence-electron chi connectivity index (χ0n) is 64.9. The van der Waals surface area contributed by atoms with Crippen molar-refractivity contribution in [3.8, 4) is 0 Å². The Balaban J connectivity index is -0.0000000733. The predicted molar refractivity (Wildman–Crippen MR) is 450 cm³/mol. The van der Waals surface area contributed by atoms with E-state index in [-0.39, 0.29) is 89.5 Å². The minimum absolute atomic E-state index is 0. The second-order valence-electron chi connectivity index (χ2n) is 23.5. The molecule has 97 heavy (non-hydrogen) atoms. The summed E-state index contributed by atoms with van der Waals surface area (Å²) < 4.78 is 0. The van der Waals surface area contributed by atoms with Crippen LogP contribution in [0.25, 0.3) is 42.8 Å². The van der Waals surface area contributed by atoms with Crippen LogP contribution in [0.4, 0.5) is 0 Å². The normalized spacial score (nSPS) is 20.1. The summed E-state index contributed by atoms with van der Waals surface area (Å²) in [5.41, 5.74) is 4.30. The maximum atomic E-state index is 5.67. The maximum absolute atomic E-state index is 5.67. The van der Waals surface area contributed by atoms with E-state index < -0.39 is 46.4 Å². The standard InChI is InChI=1S/3C12H16.C12H12.C9H18.C3H9ClSi.7C2H6N.CH4.4CH3.5ClH.4Zr/c4*1-2-5-10-8-9-11-6-3-4-7-12(10)11;1-2-3-6-9-7-4-5-8-9;1-5(2,3)4;7*1-3-2;;;;;;;;;;;;;;/h3*2-4,6-7,10-12H,1,5,8-9H2;2-4,6-8H,1,5,9H2;9H,2-8H2,1H3;1-3H3;7*1-2H3;1H4;4*1H3;5*1H;;;;/q;;;;;;7*-1;;4*-1;;;;;;+3;3*+4/p-5. The Hall–Kier alpha value is 1.57. The molecular formula is C79H145Cl6N7SiZr4-. The summed E-state index contributed by atoms with van der Waals surface area (Å²) >= 11 is 2.72. The van der Waals surface area contributed by atoms with E-state index in [4.69, 9.17) is 53.6 Å². The number of hydrogen-bond acceptors (Lipinski definition) is 0. The predicted octanol–water partition coefficient (Wildman–Crippen LogP) is 28.8. The molecule has 1 aromatic carbocycles. The van der Waals surface area contributed by atoms with Gasteiger partial charge >= 0.3 is 134 Å². The van der Waals surface area contributed by atoms with Crippen molar-refractivity contribution < 1.29 is 91.4 Å². The fourth-order valence-corrected chi connectivity index (χ4v) is 11.2. The number of allylic oxidation sites excluding steroid dienone is 18. The average Bonchev–Trinajstić information content (AvgIpc) is 1.78. The van der Waals surface area contributed by atoms with Crippen LogP contribution in [0.15, 0.2) is 154 Å². The smallest absolute Gasteiger partial charge is 4.00 e. The molecule has 0 heterocycles. The molecule has 7 nitrogen and oxygen atoms in total. The Morgan fingerprint density at radius 2 is 0.763 bits per heavy atom. The van der Waals surface area contributed by atoms with Gasteiger partial charge in [-0.25, -0.2) is 0 Å². The monoisotopic (exact) mass is 1790 g/mol. The molecule has 0 saturated heterocycles. The molecule has 9 rings (SSSR count). The molecule has 559 valence electrons. The summed E-state index contributed by atoms with van der Waals surface area (Å²) in [6.07, 6.45) is 62.3. The van der Waals surface area contributed by atoms with E-state index >= 15 is 0 Å². The van der Waals surface area contributed by atoms with Crippen LogP contribution in [-0.4, -0.2) is 106 Å². The Morgan fingerprint density at radius 1 is 0.495 bits per heavy atom. The number of benzene rings is 1. The molecular weight excluding hydrogens is 1650 g/mol. The van der Waals surface area contributed by atoms with E-state index in [2.05, 4.69) is 212 Å². The number of halogens is 6. The average molecular weight is 1800 g/mol. The van der Waals surface area contributed by atoms with Crippen molar-refractivity contribution in [2.45, 2.75) is 150 Å². The second-order valence-corrected chi connectivity index (χ2v) is 45.9. The quantitative estimate of drug-likeness (QED) is 0.0913. The molecule has 0 spiro atoms. The minimum Gasteiger partial charge on any atom is 4.00 e. The summed E-state index contributed by atoms with van der Waals surface area (Å²) in [6.45, 7) is 23.8. The molecule has 9 unspecified atom stereocenters. The van der Waals surface area contributed by atoms with E-state index in [0.717, 1.165) is 72.0 Å². The van der Waals surface area contributed by atoms with Crippen LogP contribution in [0.5, 0.6) is 0 Å². The molecule has 0 radical (unpaired) electrons. The van der Waals surface area contributed by atoms with Crippen LogP contribution in [0.1, 0.15) is 135 Å². The summed E-state index contributed by atoms with van der Waals surface area (Å²) in [5.74, 6) is 8.66. The topological polar surface area (TPSA) is 98.7 Å². The van der Waals surface area contributed by atoms with Crippen molar-refractivity contribution in [2.24, 2.45) is 59.2 Å². The molecule has 4 saturated carbocycles. The van der Waals surface area contributed by atoms with Crippen molar-refractivity contribution >= 4 is 66.6 Å². The van der Waals surface area contributed by atoms with Gasteiger partial charge in [-0.05, 0) is 147 Å². The van der Waals surface area contributed by atoms with Gasteiger partial charge in [0.05, 0.1) is 0 Å². The molecule has 0 aliphatic heterocycles. The van der Waals surface area contributed by atoms with Crippen molar-refractivity contribution in [3.63, 3.8) is 0 Å². The zero-order chi connectivity index (χ0) is 69.8. The number of nitrogens with zero attached hydrogens (tertiary/aromatic N) is 7. The molecule has 0 aromatic heterocycles. The first-order valence-corrected chi connectivity index (χ1v) is 52.6. The minimum atomic E-state index is -2.13. The molecule has 0 bridgehead atoms. The molecule has 9 atom stereocenters. The third-order valence-corrected chi connectivity index (χ3v) is 14.3. The Labute approximate surface area is 689 Å². The molecule has 0 amide bonds. The van der Waals surface area contributed by atoms with Gasteiger partial charge in [-0.15, -0.1) is 26.3 Å². The first kappa shape index (κ1) is 128. The first-order valence-electron chi connectivity index (χ1n) is 32.2. The largest absolute Gasteiger partial charge is 4.00 e. The van der Waals surface area contributed by atoms with E-state index in [1.165, 1.54) is 119 Å². The Bertz CT molecular complexity index is 1820. The third-order valence-electron chi connectivity index (χ3n) is 14.3. The molecule has 0 N–H and O–H groups in total. The summed E-state index contributed by atoms with van der Waals surface area (Å²) in [5, 5.41) is 24.5. The van der Waals surface area contributed by atoms with Crippen LogP contribution in [0.2, 0.25) is 19.6 Å². The van der Waals surface area contributed by atoms with E-state index in [9.17, 15) is 0 Å². The number of unbranched alkanes of at least 4 members (excludes halogenated alkanes) is 1. The van der Waals surface area contributed by atoms with Gasteiger partial charge in [-0.3, -0.25) is 0 Å². The zero-order valence-corrected chi connectivity index (χ0v) is 80.2. The van der Waals surface area contributed by atoms with Crippen LogP contribution < -0.4 is 0 Å². The van der Waals surface area contributed by atoms with Gasteiger partial charge in [0, 0.05) is 0 Å². The number of hydrogen-bond donors (Lipinski definition) is 0. The molecule has 4 fully saturated rings. The SMILES string of the molecule is C.C=CCC1=CCc2ccccc21.C=CCC1CCC2C=CC=CC21.C=CCC1CCC2C=CC=CC21.C=CCC1CCC2C=CC=CC21.CCCCC1CCCC1.C[N-]C.C[N-]C.C[N-]C.C[N-]C.C[N-]C.C[N-]C.C[N-]C.C[Si](C)(C)Cl.[CH3-].[CH3-].[CH3-].[CH3-].[Cl][Zr+2][Cl].[Cl][Zr]([Cl])[Cl].[Zr+4].[Zr+4]. The summed E-state index contributed by atoms with van der Waals surface area (Å²) in [6, 6.07) is 8.59. The van der Waals surface area contributed by atoms with Crippen LogP contribution in [0, 0.1) is 88.9 Å². The van der Waals surface area contributed by atoms with Gasteiger partial charge in [0.25, 0.3) is 0 Å². The van der Waals surface area contributed by atoms with Gasteiger partial charge in [-0.2, -0.15) is 110 Å². The summed E-state index contributed by atoms with van der Waals surface area (Å²) in [4.78, 5) is 0. The van der Waals surface area contributed by atoms with E-state index in [0.29, 0.717) is 0 Å². The Morgan fingerprint density at radius 3 is 1.02 bits per heavy atom. The van der Waals surface area contributed by atoms with Crippen molar-refractivity contribution in [2.75, 3.05) is 98.7 Å². The third kappa shape index (κ3) is 81.5. The molecule has 18 heteroatoms. The Kier molecular flexibility index (Phi) is 129. The van der Waals surface area contributed by atoms with Crippen molar-refractivity contribution in [3.05, 3.63) is 232 Å². The van der Waals surface area contributed by atoms with E-state index in [1.807, 2.05) is 6.08 Å². The van der Waals surface area contributed by atoms with Crippen molar-refractivity contribution in [1.82, 2.24) is 0 Å². The molecule has 8 aliphatic carbocycles. The summed E-state index contributed by atoms with van der Waals surface area (Å²) in [7, 11) is 48.2. The second kappa shape index (κ2) is 97.6. The fraction of sp³-hybridized carbons (Fsp3) is 0.595. The van der Waals surface area contributed by atoms with Gasteiger partial charge in [0.1, 0.15) is 7.38 Å². The molecule has 8 aliphatic rings. The first-order chi connectivity index (χ1) is 43.1. The van der Waals surface area contributed by atoms with Crippen LogP contribution in [-0.2, 0) is 97.8 Å². The maximum Gasteiger partial charge on any atom is 4.00 e. The molecule has 1 aromatic rings. The fourth-order valence-electron chi connectivity index (χ4n) is 11.2.